The SMILES string of the molecule is COc1cc(OC)c(C(=O)N(CCCl)CCCl)cc1OC. The fraction of sp³-hybridized carbons (Fsp3) is 0.500. The summed E-state index contributed by atoms with van der Waals surface area (Å²) >= 11 is 11.5. The summed E-state index contributed by atoms with van der Waals surface area (Å²) in [7, 11) is 4.52. The van der Waals surface area contributed by atoms with Crippen LogP contribution < -0.4 is 14.2 Å². The van der Waals surface area contributed by atoms with Gasteiger partial charge in [-0.2, -0.15) is 0 Å². The average molecular weight is 336 g/mol. The lowest BCUT2D eigenvalue weighted by Crippen LogP contribution is -2.34. The van der Waals surface area contributed by atoms with Crippen LogP contribution in [0.25, 0.3) is 0 Å². The summed E-state index contributed by atoms with van der Waals surface area (Å²) in [5, 5.41) is 0. The molecule has 7 heteroatoms. The van der Waals surface area contributed by atoms with Crippen LogP contribution in [0.1, 0.15) is 10.4 Å². The Kier molecular flexibility index (Phi) is 7.47. The number of ether oxygens (including phenoxy) is 3. The van der Waals surface area contributed by atoms with E-state index < -0.39 is 0 Å². The van der Waals surface area contributed by atoms with Gasteiger partial charge in [0.2, 0.25) is 0 Å². The smallest absolute Gasteiger partial charge is 0.257 e. The summed E-state index contributed by atoms with van der Waals surface area (Å²) in [5.41, 5.74) is 0.380. The first-order valence-corrected chi connectivity index (χ1v) is 7.41. The highest BCUT2D eigenvalue weighted by Gasteiger charge is 2.22. The molecule has 1 aromatic rings. The lowest BCUT2D eigenvalue weighted by molar-refractivity contribution is 0.0771. The van der Waals surface area contributed by atoms with Crippen LogP contribution in [0.5, 0.6) is 17.2 Å². The predicted octanol–water partition coefficient (Wildman–Crippen LogP) is 2.63. The molecule has 1 amide bonds. The van der Waals surface area contributed by atoms with Crippen molar-refractivity contribution in [2.45, 2.75) is 0 Å². The highest BCUT2D eigenvalue weighted by Crippen LogP contribution is 2.35. The van der Waals surface area contributed by atoms with Crippen molar-refractivity contribution in [2.75, 3.05) is 46.2 Å². The van der Waals surface area contributed by atoms with Gasteiger partial charge < -0.3 is 19.1 Å². The first-order valence-electron chi connectivity index (χ1n) is 6.34. The molecule has 0 unspecified atom stereocenters. The molecule has 0 aliphatic carbocycles. The van der Waals surface area contributed by atoms with Gasteiger partial charge in [-0.15, -0.1) is 23.2 Å². The Labute approximate surface area is 134 Å². The summed E-state index contributed by atoms with van der Waals surface area (Å²) in [6, 6.07) is 3.21. The number of nitrogens with zero attached hydrogens (tertiary/aromatic N) is 1. The molecular weight excluding hydrogens is 317 g/mol. The summed E-state index contributed by atoms with van der Waals surface area (Å²) in [6.07, 6.45) is 0. The van der Waals surface area contributed by atoms with E-state index in [-0.39, 0.29) is 5.91 Å². The lowest BCUT2D eigenvalue weighted by atomic mass is 10.1. The van der Waals surface area contributed by atoms with Crippen molar-refractivity contribution in [2.24, 2.45) is 0 Å². The van der Waals surface area contributed by atoms with Crippen molar-refractivity contribution in [3.63, 3.8) is 0 Å². The molecule has 0 saturated carbocycles. The van der Waals surface area contributed by atoms with Gasteiger partial charge in [0.1, 0.15) is 5.75 Å². The van der Waals surface area contributed by atoms with Crippen LogP contribution in [0.15, 0.2) is 12.1 Å². The third-order valence-corrected chi connectivity index (χ3v) is 3.27. The van der Waals surface area contributed by atoms with E-state index in [0.29, 0.717) is 47.7 Å². The van der Waals surface area contributed by atoms with E-state index in [0.717, 1.165) is 0 Å². The third-order valence-electron chi connectivity index (χ3n) is 2.93. The maximum atomic E-state index is 12.6. The second kappa shape index (κ2) is 8.85. The van der Waals surface area contributed by atoms with Gasteiger partial charge in [-0.3, -0.25) is 4.79 Å². The van der Waals surface area contributed by atoms with Gasteiger partial charge >= 0.3 is 0 Å². The average Bonchev–Trinajstić information content (AvgIpc) is 2.52. The molecule has 21 heavy (non-hydrogen) atoms. The van der Waals surface area contributed by atoms with Gasteiger partial charge in [0.15, 0.2) is 11.5 Å². The van der Waals surface area contributed by atoms with E-state index in [1.165, 1.54) is 21.3 Å². The van der Waals surface area contributed by atoms with Gasteiger partial charge in [-0.1, -0.05) is 0 Å². The number of alkyl halides is 2. The standard InChI is InChI=1S/C14H19Cl2NO4/c1-19-11-9-13(21-3)12(20-2)8-10(11)14(18)17(6-4-15)7-5-16/h8-9H,4-7H2,1-3H3. The van der Waals surface area contributed by atoms with Gasteiger partial charge in [0, 0.05) is 37.0 Å². The molecule has 118 valence electrons. The summed E-state index contributed by atoms with van der Waals surface area (Å²) < 4.78 is 15.7. The minimum atomic E-state index is -0.214. The summed E-state index contributed by atoms with van der Waals surface area (Å²) in [6.45, 7) is 0.815. The molecule has 0 spiro atoms. The quantitative estimate of drug-likeness (QED) is 0.685. The Morgan fingerprint density at radius 1 is 0.952 bits per heavy atom. The fourth-order valence-corrected chi connectivity index (χ4v) is 2.29. The second-order valence-electron chi connectivity index (χ2n) is 4.08. The number of methoxy groups -OCH3 is 3. The number of halogens is 2. The minimum Gasteiger partial charge on any atom is -0.496 e. The maximum absolute atomic E-state index is 12.6. The van der Waals surface area contributed by atoms with Crippen LogP contribution in [0.4, 0.5) is 0 Å². The second-order valence-corrected chi connectivity index (χ2v) is 4.83. The number of benzene rings is 1. The molecule has 0 saturated heterocycles. The van der Waals surface area contributed by atoms with Crippen LogP contribution in [0.2, 0.25) is 0 Å². The van der Waals surface area contributed by atoms with Crippen molar-refractivity contribution < 1.29 is 19.0 Å². The van der Waals surface area contributed by atoms with E-state index in [2.05, 4.69) is 0 Å². The molecule has 0 bridgehead atoms. The van der Waals surface area contributed by atoms with E-state index in [4.69, 9.17) is 37.4 Å². The molecule has 0 aromatic heterocycles. The normalized spacial score (nSPS) is 10.1. The van der Waals surface area contributed by atoms with Crippen LogP contribution in [0, 0.1) is 0 Å². The van der Waals surface area contributed by atoms with E-state index in [9.17, 15) is 4.79 Å². The molecule has 0 N–H and O–H groups in total. The highest BCUT2D eigenvalue weighted by molar-refractivity contribution is 6.18. The topological polar surface area (TPSA) is 48.0 Å². The Bertz CT molecular complexity index is 476. The third kappa shape index (κ3) is 4.32. The van der Waals surface area contributed by atoms with Crippen LogP contribution >= 0.6 is 23.2 Å². The molecule has 0 fully saturated rings. The minimum absolute atomic E-state index is 0.214. The van der Waals surface area contributed by atoms with E-state index in [1.807, 2.05) is 0 Å². The molecule has 5 nitrogen and oxygen atoms in total. The number of hydrogen-bond acceptors (Lipinski definition) is 4. The molecule has 0 radical (unpaired) electrons. The van der Waals surface area contributed by atoms with Crippen molar-refractivity contribution in [3.8, 4) is 17.2 Å². The van der Waals surface area contributed by atoms with Crippen molar-refractivity contribution >= 4 is 29.1 Å². The van der Waals surface area contributed by atoms with Crippen molar-refractivity contribution in [3.05, 3.63) is 17.7 Å². The van der Waals surface area contributed by atoms with Crippen molar-refractivity contribution in [1.82, 2.24) is 4.90 Å². The predicted molar refractivity (Wildman–Crippen MR) is 83.4 cm³/mol. The fourth-order valence-electron chi connectivity index (χ4n) is 1.89. The van der Waals surface area contributed by atoms with Crippen LogP contribution in [-0.4, -0.2) is 57.0 Å². The molecule has 0 aliphatic heterocycles. The molecule has 1 rings (SSSR count). The van der Waals surface area contributed by atoms with E-state index in [1.54, 1.807) is 17.0 Å². The lowest BCUT2D eigenvalue weighted by Gasteiger charge is -2.22. The van der Waals surface area contributed by atoms with Crippen LogP contribution in [0.3, 0.4) is 0 Å². The Morgan fingerprint density at radius 3 is 1.86 bits per heavy atom. The Balaban J connectivity index is 3.22. The number of carbonyl (C=O) groups is 1. The highest BCUT2D eigenvalue weighted by atomic mass is 35.5. The van der Waals surface area contributed by atoms with Gasteiger partial charge in [0.05, 0.1) is 26.9 Å². The first kappa shape index (κ1) is 17.7. The molecule has 0 heterocycles. The van der Waals surface area contributed by atoms with E-state index >= 15 is 0 Å². The molecule has 0 aliphatic rings. The van der Waals surface area contributed by atoms with Gasteiger partial charge in [0.25, 0.3) is 5.91 Å². The largest absolute Gasteiger partial charge is 0.496 e. The molecule has 1 aromatic carbocycles. The zero-order valence-corrected chi connectivity index (χ0v) is 13.8. The first-order chi connectivity index (χ1) is 10.1. The maximum Gasteiger partial charge on any atom is 0.257 e. The zero-order chi connectivity index (χ0) is 15.8. The molecular formula is C14H19Cl2NO4. The number of rotatable bonds is 8. The van der Waals surface area contributed by atoms with Crippen molar-refractivity contribution in [1.29, 1.82) is 0 Å². The van der Waals surface area contributed by atoms with Gasteiger partial charge in [-0.05, 0) is 0 Å². The Morgan fingerprint density at radius 2 is 1.43 bits per heavy atom. The molecule has 0 atom stereocenters. The monoisotopic (exact) mass is 335 g/mol. The number of amides is 1. The van der Waals surface area contributed by atoms with Gasteiger partial charge in [-0.25, -0.2) is 0 Å². The Hall–Kier alpha value is -1.33. The summed E-state index contributed by atoms with van der Waals surface area (Å²) in [5.74, 6) is 1.81. The number of hydrogen-bond donors (Lipinski definition) is 0. The number of carbonyl (C=O) groups excluding carboxylic acids is 1. The summed E-state index contributed by atoms with van der Waals surface area (Å²) in [4.78, 5) is 14.2. The van der Waals surface area contributed by atoms with Crippen LogP contribution in [-0.2, 0) is 0 Å². The zero-order valence-electron chi connectivity index (χ0n) is 12.3.